The summed E-state index contributed by atoms with van der Waals surface area (Å²) in [5, 5.41) is 23.4. The standard InChI is InChI=1S/C21H29N5O3S.CH2O2/c1-2-8-26(21(28)29)11-7-22-15-3-4-16-18(12-15)30-24-19(16)20(27)23-17-13-25-9-5-14(17)6-10-25;2-1-3/h3-4,12,14,17,22H,2,5-11,13H2,1H3,(H,23,27)(H,28,29);1H,(H,2,3)/t17-;/m1./s1. The summed E-state index contributed by atoms with van der Waals surface area (Å²) in [5.41, 5.74) is 1.40. The Hall–Kier alpha value is -2.92. The summed E-state index contributed by atoms with van der Waals surface area (Å²) < 4.78 is 5.37. The fourth-order valence-electron chi connectivity index (χ4n) is 4.48. The lowest BCUT2D eigenvalue weighted by atomic mass is 9.84. The number of carbonyl (C=O) groups excluding carboxylic acids is 1. The molecule has 3 saturated heterocycles. The number of piperidine rings is 3. The molecule has 4 N–H and O–H groups in total. The molecule has 1 aromatic carbocycles. The lowest BCUT2D eigenvalue weighted by Crippen LogP contribution is -2.57. The second kappa shape index (κ2) is 11.8. The van der Waals surface area contributed by atoms with Crippen LogP contribution in [0, 0.1) is 5.92 Å². The van der Waals surface area contributed by atoms with Crippen molar-refractivity contribution in [2.45, 2.75) is 32.2 Å². The number of nitrogens with one attached hydrogen (secondary N) is 2. The number of carboxylic acid groups (broad SMARTS) is 2. The van der Waals surface area contributed by atoms with E-state index < -0.39 is 6.09 Å². The van der Waals surface area contributed by atoms with Crippen LogP contribution >= 0.6 is 11.5 Å². The molecule has 2 aromatic rings. The van der Waals surface area contributed by atoms with Crippen LogP contribution in [0.15, 0.2) is 18.2 Å². The van der Waals surface area contributed by atoms with Gasteiger partial charge in [0.1, 0.15) is 5.69 Å². The molecule has 0 radical (unpaired) electrons. The van der Waals surface area contributed by atoms with Crippen LogP contribution in [0.1, 0.15) is 36.7 Å². The van der Waals surface area contributed by atoms with Gasteiger partial charge in [-0.3, -0.25) is 9.59 Å². The highest BCUT2D eigenvalue weighted by atomic mass is 32.1. The van der Waals surface area contributed by atoms with Gasteiger partial charge in [-0.1, -0.05) is 6.92 Å². The first-order valence-corrected chi connectivity index (χ1v) is 12.0. The Labute approximate surface area is 196 Å². The van der Waals surface area contributed by atoms with Crippen molar-refractivity contribution >= 4 is 45.8 Å². The van der Waals surface area contributed by atoms with Gasteiger partial charge in [-0.05, 0) is 68.0 Å². The molecule has 4 heterocycles. The molecule has 5 rings (SSSR count). The topological polar surface area (TPSA) is 135 Å². The first-order valence-electron chi connectivity index (χ1n) is 11.2. The summed E-state index contributed by atoms with van der Waals surface area (Å²) in [6.07, 6.45) is 2.23. The minimum atomic E-state index is -0.893. The zero-order chi connectivity index (χ0) is 23.8. The number of fused-ring (bicyclic) bond motifs is 4. The predicted molar refractivity (Wildman–Crippen MR) is 127 cm³/mol. The highest BCUT2D eigenvalue weighted by Crippen LogP contribution is 2.29. The average Bonchev–Trinajstić information content (AvgIpc) is 3.23. The highest BCUT2D eigenvalue weighted by Gasteiger charge is 2.35. The summed E-state index contributed by atoms with van der Waals surface area (Å²) in [6, 6.07) is 6.04. The fraction of sp³-hybridized carbons (Fsp3) is 0.545. The van der Waals surface area contributed by atoms with E-state index in [4.69, 9.17) is 9.90 Å². The van der Waals surface area contributed by atoms with Crippen LogP contribution in [0.3, 0.4) is 0 Å². The van der Waals surface area contributed by atoms with Gasteiger partial charge in [-0.25, -0.2) is 4.79 Å². The quantitative estimate of drug-likeness (QED) is 0.426. The zero-order valence-electron chi connectivity index (χ0n) is 18.7. The Morgan fingerprint density at radius 3 is 2.64 bits per heavy atom. The van der Waals surface area contributed by atoms with Gasteiger partial charge in [0.2, 0.25) is 0 Å². The molecule has 3 aliphatic rings. The fourth-order valence-corrected chi connectivity index (χ4v) is 5.30. The number of amides is 2. The molecule has 0 spiro atoms. The summed E-state index contributed by atoms with van der Waals surface area (Å²) in [4.78, 5) is 36.3. The zero-order valence-corrected chi connectivity index (χ0v) is 19.5. The van der Waals surface area contributed by atoms with Crippen LogP contribution < -0.4 is 10.6 Å². The molecule has 2 bridgehead atoms. The van der Waals surface area contributed by atoms with Crippen LogP contribution in [0.2, 0.25) is 0 Å². The Morgan fingerprint density at radius 2 is 2.03 bits per heavy atom. The van der Waals surface area contributed by atoms with Gasteiger partial charge in [0.25, 0.3) is 12.4 Å². The molecule has 33 heavy (non-hydrogen) atoms. The van der Waals surface area contributed by atoms with Crippen molar-refractivity contribution in [2.24, 2.45) is 5.92 Å². The number of benzene rings is 1. The van der Waals surface area contributed by atoms with Crippen LogP contribution in [-0.2, 0) is 4.79 Å². The maximum Gasteiger partial charge on any atom is 0.407 e. The van der Waals surface area contributed by atoms with E-state index in [0.29, 0.717) is 31.2 Å². The van der Waals surface area contributed by atoms with E-state index >= 15 is 0 Å². The summed E-state index contributed by atoms with van der Waals surface area (Å²) >= 11 is 1.32. The van der Waals surface area contributed by atoms with Crippen LogP contribution in [0.5, 0.6) is 0 Å². The van der Waals surface area contributed by atoms with E-state index in [1.807, 2.05) is 25.1 Å². The van der Waals surface area contributed by atoms with E-state index in [2.05, 4.69) is 19.9 Å². The third-order valence-corrected chi connectivity index (χ3v) is 6.94. The molecule has 3 fully saturated rings. The molecular formula is C22H31N5O5S. The Balaban J connectivity index is 0.000000968. The molecular weight excluding hydrogens is 446 g/mol. The van der Waals surface area contributed by atoms with Crippen molar-refractivity contribution in [3.05, 3.63) is 23.9 Å². The minimum Gasteiger partial charge on any atom is -0.483 e. The normalized spacial score (nSPS) is 21.1. The summed E-state index contributed by atoms with van der Waals surface area (Å²) in [6.45, 7) is 6.44. The predicted octanol–water partition coefficient (Wildman–Crippen LogP) is 2.62. The van der Waals surface area contributed by atoms with E-state index in [9.17, 15) is 14.7 Å². The van der Waals surface area contributed by atoms with Gasteiger partial charge < -0.3 is 30.6 Å². The highest BCUT2D eigenvalue weighted by molar-refractivity contribution is 7.13. The van der Waals surface area contributed by atoms with E-state index in [-0.39, 0.29) is 18.4 Å². The SMILES string of the molecule is CCCN(CCNc1ccc2c(C(=O)N[C@@H]3CN4CCC3CC4)nsc2c1)C(=O)O.O=CO. The molecule has 0 aliphatic carbocycles. The van der Waals surface area contributed by atoms with Gasteiger partial charge in [0.05, 0.1) is 4.70 Å². The molecule has 0 unspecified atom stereocenters. The number of aromatic nitrogens is 1. The van der Waals surface area contributed by atoms with Gasteiger partial charge in [-0.15, -0.1) is 0 Å². The van der Waals surface area contributed by atoms with Gasteiger partial charge in [0.15, 0.2) is 0 Å². The average molecular weight is 478 g/mol. The molecule has 2 amide bonds. The van der Waals surface area contributed by atoms with Crippen molar-refractivity contribution in [3.8, 4) is 0 Å². The second-order valence-corrected chi connectivity index (χ2v) is 9.07. The van der Waals surface area contributed by atoms with E-state index in [1.54, 1.807) is 0 Å². The van der Waals surface area contributed by atoms with Crippen molar-refractivity contribution in [2.75, 3.05) is 44.6 Å². The smallest absolute Gasteiger partial charge is 0.407 e. The molecule has 3 aliphatic heterocycles. The molecule has 11 heteroatoms. The lowest BCUT2D eigenvalue weighted by molar-refractivity contribution is -0.122. The summed E-state index contributed by atoms with van der Waals surface area (Å²) in [5.74, 6) is 0.495. The van der Waals surface area contributed by atoms with Crippen LogP contribution in [0.25, 0.3) is 10.1 Å². The van der Waals surface area contributed by atoms with Crippen molar-refractivity contribution in [1.82, 2.24) is 19.5 Å². The number of hydrogen-bond donors (Lipinski definition) is 4. The van der Waals surface area contributed by atoms with Crippen LogP contribution in [-0.4, -0.2) is 88.2 Å². The Bertz CT molecular complexity index is 960. The van der Waals surface area contributed by atoms with E-state index in [0.717, 1.165) is 54.7 Å². The van der Waals surface area contributed by atoms with E-state index in [1.165, 1.54) is 16.4 Å². The van der Waals surface area contributed by atoms with Crippen molar-refractivity contribution in [1.29, 1.82) is 0 Å². The maximum atomic E-state index is 12.9. The molecule has 10 nitrogen and oxygen atoms in total. The first kappa shape index (κ1) is 24.7. The number of rotatable bonds is 8. The van der Waals surface area contributed by atoms with Crippen LogP contribution in [0.4, 0.5) is 10.5 Å². The lowest BCUT2D eigenvalue weighted by Gasteiger charge is -2.44. The minimum absolute atomic E-state index is 0.0858. The maximum absolute atomic E-state index is 12.9. The number of carbonyl (C=O) groups is 3. The second-order valence-electron chi connectivity index (χ2n) is 8.26. The van der Waals surface area contributed by atoms with Gasteiger partial charge >= 0.3 is 6.09 Å². The molecule has 1 atom stereocenters. The monoisotopic (exact) mass is 477 g/mol. The molecule has 180 valence electrons. The Morgan fingerprint density at radius 1 is 1.30 bits per heavy atom. The first-order chi connectivity index (χ1) is 16.0. The molecule has 1 aromatic heterocycles. The Kier molecular flexibility index (Phi) is 8.84. The number of anilines is 1. The number of hydrogen-bond acceptors (Lipinski definition) is 7. The largest absolute Gasteiger partial charge is 0.483 e. The van der Waals surface area contributed by atoms with Crippen molar-refractivity contribution < 1.29 is 24.6 Å². The number of nitrogens with zero attached hydrogens (tertiary/aromatic N) is 3. The summed E-state index contributed by atoms with van der Waals surface area (Å²) in [7, 11) is 0. The third-order valence-electron chi connectivity index (χ3n) is 6.13. The van der Waals surface area contributed by atoms with Crippen molar-refractivity contribution in [3.63, 3.8) is 0 Å². The molecule has 0 saturated carbocycles. The van der Waals surface area contributed by atoms with Gasteiger partial charge in [0, 0.05) is 43.3 Å². The third kappa shape index (κ3) is 6.32. The van der Waals surface area contributed by atoms with Gasteiger partial charge in [-0.2, -0.15) is 4.37 Å².